The Balaban J connectivity index is 2.62. The summed E-state index contributed by atoms with van der Waals surface area (Å²) in [5.41, 5.74) is 0.530. The van der Waals surface area contributed by atoms with Crippen LogP contribution in [0.25, 0.3) is 0 Å². The Hall–Kier alpha value is -1.81. The highest BCUT2D eigenvalue weighted by molar-refractivity contribution is 5.21. The Kier molecular flexibility index (Phi) is 2.24. The molecule has 0 spiro atoms. The normalized spacial score (nSPS) is 8.55. The minimum absolute atomic E-state index is 0.423. The maximum absolute atomic E-state index is 8.41. The summed E-state index contributed by atoms with van der Waals surface area (Å²) >= 11 is 0. The molecule has 0 N–H and O–H groups in total. The topological polar surface area (TPSA) is 65.4 Å². The van der Waals surface area contributed by atoms with Gasteiger partial charge in [-0.15, -0.1) is 0 Å². The predicted molar refractivity (Wildman–Crippen MR) is 37.2 cm³/mol. The summed E-state index contributed by atoms with van der Waals surface area (Å²) in [4.78, 5) is 0. The standard InChI is InChI=1S/C7H6N4/c8-2-1-3-11-6-7(4-9)5-10-11/h5-6H,1,3H2. The molecule has 0 aromatic carbocycles. The minimum Gasteiger partial charge on any atom is -0.270 e. The number of hydrogen-bond donors (Lipinski definition) is 0. The van der Waals surface area contributed by atoms with Crippen LogP contribution in [0.4, 0.5) is 0 Å². The van der Waals surface area contributed by atoms with Gasteiger partial charge in [-0.3, -0.25) is 4.68 Å². The average Bonchev–Trinajstić information content (AvgIpc) is 2.48. The summed E-state index contributed by atoms with van der Waals surface area (Å²) in [5.74, 6) is 0. The lowest BCUT2D eigenvalue weighted by Gasteiger charge is -1.91. The second kappa shape index (κ2) is 3.38. The predicted octanol–water partition coefficient (Wildman–Crippen LogP) is 0.668. The van der Waals surface area contributed by atoms with Crippen LogP contribution < -0.4 is 0 Å². The van der Waals surface area contributed by atoms with Crippen LogP contribution in [0.1, 0.15) is 12.0 Å². The Morgan fingerprint density at radius 1 is 1.55 bits per heavy atom. The molecule has 4 nitrogen and oxygen atoms in total. The van der Waals surface area contributed by atoms with Gasteiger partial charge < -0.3 is 0 Å². The molecule has 0 amide bonds. The lowest BCUT2D eigenvalue weighted by molar-refractivity contribution is 0.627. The van der Waals surface area contributed by atoms with Crippen molar-refractivity contribution < 1.29 is 0 Å². The molecule has 1 aromatic heterocycles. The van der Waals surface area contributed by atoms with Crippen LogP contribution in [0, 0.1) is 22.7 Å². The molecule has 0 saturated carbocycles. The van der Waals surface area contributed by atoms with Crippen LogP contribution >= 0.6 is 0 Å². The van der Waals surface area contributed by atoms with Crippen LogP contribution in [-0.4, -0.2) is 9.78 Å². The second-order valence-corrected chi connectivity index (χ2v) is 2.01. The summed E-state index contributed by atoms with van der Waals surface area (Å²) in [7, 11) is 0. The van der Waals surface area contributed by atoms with E-state index in [0.29, 0.717) is 18.5 Å². The summed E-state index contributed by atoms with van der Waals surface area (Å²) in [6.45, 7) is 0.554. The molecular formula is C7H6N4. The first-order valence-electron chi connectivity index (χ1n) is 3.16. The van der Waals surface area contributed by atoms with E-state index in [0.717, 1.165) is 0 Å². The van der Waals surface area contributed by atoms with E-state index >= 15 is 0 Å². The molecule has 0 aliphatic rings. The number of aryl methyl sites for hydroxylation is 1. The molecule has 1 aromatic rings. The van der Waals surface area contributed by atoms with Gasteiger partial charge >= 0.3 is 0 Å². The molecule has 0 saturated heterocycles. The molecule has 0 radical (unpaired) electrons. The molecular weight excluding hydrogens is 140 g/mol. The third kappa shape index (κ3) is 1.80. The van der Waals surface area contributed by atoms with E-state index in [1.54, 1.807) is 10.9 Å². The zero-order chi connectivity index (χ0) is 8.10. The van der Waals surface area contributed by atoms with Gasteiger partial charge in [-0.1, -0.05) is 0 Å². The van der Waals surface area contributed by atoms with Gasteiger partial charge in [-0.2, -0.15) is 15.6 Å². The fourth-order valence-corrected chi connectivity index (χ4v) is 0.708. The van der Waals surface area contributed by atoms with E-state index in [9.17, 15) is 0 Å². The Bertz CT molecular complexity index is 312. The molecule has 0 aliphatic heterocycles. The molecule has 4 heteroatoms. The quantitative estimate of drug-likeness (QED) is 0.615. The van der Waals surface area contributed by atoms with E-state index in [4.69, 9.17) is 10.5 Å². The van der Waals surface area contributed by atoms with Gasteiger partial charge in [0.25, 0.3) is 0 Å². The summed E-state index contributed by atoms with van der Waals surface area (Å²) in [5, 5.41) is 20.5. The molecule has 54 valence electrons. The first-order chi connectivity index (χ1) is 5.36. The lowest BCUT2D eigenvalue weighted by atomic mass is 10.4. The van der Waals surface area contributed by atoms with Gasteiger partial charge in [-0.25, -0.2) is 0 Å². The number of hydrogen-bond acceptors (Lipinski definition) is 3. The Morgan fingerprint density at radius 2 is 2.36 bits per heavy atom. The van der Waals surface area contributed by atoms with Crippen LogP contribution in [0.15, 0.2) is 12.4 Å². The summed E-state index contributed by atoms with van der Waals surface area (Å²) in [6, 6.07) is 3.96. The SMILES string of the molecule is N#CCCn1cc(C#N)cn1. The molecule has 0 aliphatic carbocycles. The van der Waals surface area contributed by atoms with Crippen molar-refractivity contribution in [2.24, 2.45) is 0 Å². The maximum atomic E-state index is 8.41. The van der Waals surface area contributed by atoms with Crippen LogP contribution in [0.2, 0.25) is 0 Å². The van der Waals surface area contributed by atoms with Gasteiger partial charge in [0.05, 0.1) is 30.8 Å². The molecule has 0 fully saturated rings. The largest absolute Gasteiger partial charge is 0.270 e. The van der Waals surface area contributed by atoms with E-state index < -0.39 is 0 Å². The van der Waals surface area contributed by atoms with Crippen LogP contribution in [-0.2, 0) is 6.54 Å². The van der Waals surface area contributed by atoms with Crippen LogP contribution in [0.3, 0.4) is 0 Å². The van der Waals surface area contributed by atoms with Crippen molar-refractivity contribution in [2.75, 3.05) is 0 Å². The first-order valence-corrected chi connectivity index (χ1v) is 3.16. The van der Waals surface area contributed by atoms with E-state index in [1.165, 1.54) is 6.20 Å². The number of nitrogens with zero attached hydrogens (tertiary/aromatic N) is 4. The van der Waals surface area contributed by atoms with Crippen molar-refractivity contribution in [3.63, 3.8) is 0 Å². The minimum atomic E-state index is 0.423. The number of rotatable bonds is 2. The van der Waals surface area contributed by atoms with Gasteiger partial charge in [0.2, 0.25) is 0 Å². The highest BCUT2D eigenvalue weighted by Crippen LogP contribution is 1.95. The van der Waals surface area contributed by atoms with Crippen molar-refractivity contribution in [2.45, 2.75) is 13.0 Å². The second-order valence-electron chi connectivity index (χ2n) is 2.01. The van der Waals surface area contributed by atoms with Crippen molar-refractivity contribution in [1.29, 1.82) is 10.5 Å². The fraction of sp³-hybridized carbons (Fsp3) is 0.286. The summed E-state index contributed by atoms with van der Waals surface area (Å²) < 4.78 is 1.59. The molecule has 1 heterocycles. The van der Waals surface area contributed by atoms with Crippen molar-refractivity contribution in [3.8, 4) is 12.1 Å². The lowest BCUT2D eigenvalue weighted by Crippen LogP contribution is -1.96. The van der Waals surface area contributed by atoms with E-state index in [2.05, 4.69) is 5.10 Å². The number of nitriles is 2. The number of aromatic nitrogens is 2. The third-order valence-corrected chi connectivity index (χ3v) is 1.22. The van der Waals surface area contributed by atoms with Gasteiger partial charge in [0.15, 0.2) is 0 Å². The zero-order valence-corrected chi connectivity index (χ0v) is 5.86. The Labute approximate surface area is 64.3 Å². The Morgan fingerprint density at radius 3 is 2.91 bits per heavy atom. The molecule has 0 unspecified atom stereocenters. The van der Waals surface area contributed by atoms with Gasteiger partial charge in [-0.05, 0) is 0 Å². The first kappa shape index (κ1) is 7.30. The van der Waals surface area contributed by atoms with Crippen molar-refractivity contribution in [3.05, 3.63) is 18.0 Å². The van der Waals surface area contributed by atoms with Crippen molar-refractivity contribution in [1.82, 2.24) is 9.78 Å². The highest BCUT2D eigenvalue weighted by Gasteiger charge is 1.94. The van der Waals surface area contributed by atoms with Crippen LogP contribution in [0.5, 0.6) is 0 Å². The fourth-order valence-electron chi connectivity index (χ4n) is 0.708. The van der Waals surface area contributed by atoms with Gasteiger partial charge in [0, 0.05) is 6.20 Å². The van der Waals surface area contributed by atoms with Crippen molar-refractivity contribution >= 4 is 0 Å². The molecule has 0 atom stereocenters. The molecule has 1 rings (SSSR count). The molecule has 11 heavy (non-hydrogen) atoms. The average molecular weight is 146 g/mol. The van der Waals surface area contributed by atoms with Gasteiger partial charge in [0.1, 0.15) is 6.07 Å². The zero-order valence-electron chi connectivity index (χ0n) is 5.86. The van der Waals surface area contributed by atoms with E-state index in [1.807, 2.05) is 12.1 Å². The maximum Gasteiger partial charge on any atom is 0.102 e. The highest BCUT2D eigenvalue weighted by atomic mass is 15.3. The monoisotopic (exact) mass is 146 g/mol. The summed E-state index contributed by atoms with van der Waals surface area (Å²) in [6.07, 6.45) is 3.53. The van der Waals surface area contributed by atoms with E-state index in [-0.39, 0.29) is 0 Å². The smallest absolute Gasteiger partial charge is 0.102 e. The third-order valence-electron chi connectivity index (χ3n) is 1.22. The molecule has 0 bridgehead atoms.